The summed E-state index contributed by atoms with van der Waals surface area (Å²) in [7, 11) is -3.73. The quantitative estimate of drug-likeness (QED) is 0.923. The normalized spacial score (nSPS) is 11.5. The molecule has 0 unspecified atom stereocenters. The third kappa shape index (κ3) is 3.02. The van der Waals surface area contributed by atoms with Crippen LogP contribution in [0, 0.1) is 6.92 Å². The van der Waals surface area contributed by atoms with E-state index in [2.05, 4.69) is 20.1 Å². The van der Waals surface area contributed by atoms with Crippen molar-refractivity contribution >= 4 is 27.6 Å². The number of aryl methyl sites for hydroxylation is 2. The van der Waals surface area contributed by atoms with E-state index in [1.807, 2.05) is 6.92 Å². The molecule has 0 aliphatic heterocycles. The molecule has 2 aromatic rings. The predicted octanol–water partition coefficient (Wildman–Crippen LogP) is 1.46. The summed E-state index contributed by atoms with van der Waals surface area (Å²) in [5, 5.41) is 11.6. The number of rotatable bonds is 4. The smallest absolute Gasteiger partial charge is 0.245 e. The largest absolute Gasteiger partial charge is 0.277 e. The molecule has 7 nitrogen and oxygen atoms in total. The van der Waals surface area contributed by atoms with Gasteiger partial charge in [-0.2, -0.15) is 4.80 Å². The van der Waals surface area contributed by atoms with Gasteiger partial charge in [0.15, 0.2) is 0 Å². The molecule has 1 aromatic heterocycles. The van der Waals surface area contributed by atoms with Crippen molar-refractivity contribution in [1.82, 2.24) is 20.2 Å². The standard InChI is InChI=1S/C10H12ClN5O2S/c1-3-16-13-10(12-15-16)14-19(17,18)8-4-5-9(11)7(2)6-8/h4-6H,3H2,1-2H3,(H,13,14). The average molecular weight is 302 g/mol. The molecule has 0 fully saturated rings. The molecule has 1 N–H and O–H groups in total. The first-order chi connectivity index (χ1) is 8.92. The number of benzene rings is 1. The van der Waals surface area contributed by atoms with Gasteiger partial charge in [0.05, 0.1) is 11.4 Å². The van der Waals surface area contributed by atoms with E-state index in [4.69, 9.17) is 11.6 Å². The fraction of sp³-hybridized carbons (Fsp3) is 0.300. The van der Waals surface area contributed by atoms with Crippen molar-refractivity contribution in [2.75, 3.05) is 4.72 Å². The number of hydrogen-bond acceptors (Lipinski definition) is 5. The Balaban J connectivity index is 2.29. The third-order valence-corrected chi connectivity index (χ3v) is 4.15. The molecule has 0 bridgehead atoms. The van der Waals surface area contributed by atoms with Gasteiger partial charge in [0.1, 0.15) is 0 Å². The van der Waals surface area contributed by atoms with E-state index >= 15 is 0 Å². The highest BCUT2D eigenvalue weighted by Gasteiger charge is 2.17. The zero-order valence-corrected chi connectivity index (χ0v) is 11.9. The van der Waals surface area contributed by atoms with E-state index in [-0.39, 0.29) is 10.8 Å². The van der Waals surface area contributed by atoms with Gasteiger partial charge in [-0.05, 0) is 42.8 Å². The zero-order valence-electron chi connectivity index (χ0n) is 10.3. The second kappa shape index (κ2) is 5.14. The number of halogens is 1. The molecular weight excluding hydrogens is 290 g/mol. The molecule has 0 radical (unpaired) electrons. The van der Waals surface area contributed by atoms with Crippen LogP contribution in [0.15, 0.2) is 23.1 Å². The lowest BCUT2D eigenvalue weighted by atomic mass is 10.2. The summed E-state index contributed by atoms with van der Waals surface area (Å²) < 4.78 is 26.4. The van der Waals surface area contributed by atoms with E-state index in [0.29, 0.717) is 17.1 Å². The maximum Gasteiger partial charge on any atom is 0.277 e. The van der Waals surface area contributed by atoms with Crippen molar-refractivity contribution in [3.8, 4) is 0 Å². The molecule has 0 saturated heterocycles. The number of nitrogens with one attached hydrogen (secondary N) is 1. The Labute approximate surface area is 115 Å². The number of anilines is 1. The lowest BCUT2D eigenvalue weighted by Gasteiger charge is -2.05. The maximum atomic E-state index is 12.1. The molecule has 2 rings (SSSR count). The Hall–Kier alpha value is -1.67. The summed E-state index contributed by atoms with van der Waals surface area (Å²) in [6.07, 6.45) is 0. The lowest BCUT2D eigenvalue weighted by molar-refractivity contribution is 0.553. The van der Waals surface area contributed by atoms with Gasteiger partial charge in [-0.1, -0.05) is 16.7 Å². The molecule has 0 aliphatic rings. The molecule has 0 atom stereocenters. The van der Waals surface area contributed by atoms with Crippen LogP contribution in [0.1, 0.15) is 12.5 Å². The molecule has 0 aliphatic carbocycles. The highest BCUT2D eigenvalue weighted by molar-refractivity contribution is 7.92. The third-order valence-electron chi connectivity index (χ3n) is 2.40. The Morgan fingerprint density at radius 1 is 1.42 bits per heavy atom. The van der Waals surface area contributed by atoms with E-state index in [9.17, 15) is 8.42 Å². The van der Waals surface area contributed by atoms with Gasteiger partial charge in [-0.15, -0.1) is 5.10 Å². The van der Waals surface area contributed by atoms with Gasteiger partial charge in [-0.25, -0.2) is 13.1 Å². The maximum absolute atomic E-state index is 12.1. The number of sulfonamides is 1. The summed E-state index contributed by atoms with van der Waals surface area (Å²) in [4.78, 5) is 1.38. The second-order valence-electron chi connectivity index (χ2n) is 3.82. The van der Waals surface area contributed by atoms with Crippen LogP contribution in [0.2, 0.25) is 5.02 Å². The van der Waals surface area contributed by atoms with Crippen molar-refractivity contribution in [2.45, 2.75) is 25.3 Å². The number of hydrogen-bond donors (Lipinski definition) is 1. The fourth-order valence-corrected chi connectivity index (χ4v) is 2.52. The molecule has 1 aromatic carbocycles. The van der Waals surface area contributed by atoms with Gasteiger partial charge in [0, 0.05) is 5.02 Å². The van der Waals surface area contributed by atoms with Crippen LogP contribution >= 0.6 is 11.6 Å². The average Bonchev–Trinajstić information content (AvgIpc) is 2.79. The summed E-state index contributed by atoms with van der Waals surface area (Å²) in [5.74, 6) is -0.0607. The summed E-state index contributed by atoms with van der Waals surface area (Å²) in [5.41, 5.74) is 0.676. The highest BCUT2D eigenvalue weighted by atomic mass is 35.5. The summed E-state index contributed by atoms with van der Waals surface area (Å²) >= 11 is 5.86. The monoisotopic (exact) mass is 301 g/mol. The number of tetrazole rings is 1. The highest BCUT2D eigenvalue weighted by Crippen LogP contribution is 2.20. The number of aromatic nitrogens is 4. The van der Waals surface area contributed by atoms with Gasteiger partial charge in [-0.3, -0.25) is 0 Å². The number of nitrogens with zero attached hydrogens (tertiary/aromatic N) is 4. The second-order valence-corrected chi connectivity index (χ2v) is 5.91. The van der Waals surface area contributed by atoms with Gasteiger partial charge in [0.25, 0.3) is 16.0 Å². The van der Waals surface area contributed by atoms with Crippen LogP contribution in [0.4, 0.5) is 5.95 Å². The molecule has 0 amide bonds. The molecular formula is C10H12ClN5O2S. The minimum atomic E-state index is -3.73. The van der Waals surface area contributed by atoms with Crippen molar-refractivity contribution < 1.29 is 8.42 Å². The topological polar surface area (TPSA) is 89.8 Å². The van der Waals surface area contributed by atoms with Crippen LogP contribution in [0.25, 0.3) is 0 Å². The summed E-state index contributed by atoms with van der Waals surface area (Å²) in [6, 6.07) is 4.43. The van der Waals surface area contributed by atoms with E-state index in [1.165, 1.54) is 23.0 Å². The van der Waals surface area contributed by atoms with Crippen LogP contribution in [-0.4, -0.2) is 28.6 Å². The first-order valence-electron chi connectivity index (χ1n) is 5.49. The van der Waals surface area contributed by atoms with Crippen molar-refractivity contribution in [3.05, 3.63) is 28.8 Å². The van der Waals surface area contributed by atoms with E-state index < -0.39 is 10.0 Å². The van der Waals surface area contributed by atoms with Gasteiger partial charge < -0.3 is 0 Å². The molecule has 102 valence electrons. The Morgan fingerprint density at radius 3 is 2.74 bits per heavy atom. The zero-order chi connectivity index (χ0) is 14.0. The minimum Gasteiger partial charge on any atom is -0.245 e. The molecule has 0 saturated carbocycles. The minimum absolute atomic E-state index is 0.0607. The van der Waals surface area contributed by atoms with Gasteiger partial charge >= 0.3 is 0 Å². The van der Waals surface area contributed by atoms with Crippen molar-refractivity contribution in [1.29, 1.82) is 0 Å². The molecule has 0 spiro atoms. The van der Waals surface area contributed by atoms with Crippen molar-refractivity contribution in [2.24, 2.45) is 0 Å². The van der Waals surface area contributed by atoms with Crippen LogP contribution in [0.3, 0.4) is 0 Å². The molecule has 1 heterocycles. The fourth-order valence-electron chi connectivity index (χ4n) is 1.38. The van der Waals surface area contributed by atoms with Crippen molar-refractivity contribution in [3.63, 3.8) is 0 Å². The SMILES string of the molecule is CCn1nnc(NS(=O)(=O)c2ccc(Cl)c(C)c2)n1. The first kappa shape index (κ1) is 13.8. The Kier molecular flexibility index (Phi) is 3.72. The first-order valence-corrected chi connectivity index (χ1v) is 7.35. The Bertz CT molecular complexity index is 698. The van der Waals surface area contributed by atoms with Crippen LogP contribution in [-0.2, 0) is 16.6 Å². The van der Waals surface area contributed by atoms with E-state index in [1.54, 1.807) is 6.92 Å². The van der Waals surface area contributed by atoms with E-state index in [0.717, 1.165) is 0 Å². The Morgan fingerprint density at radius 2 is 2.16 bits per heavy atom. The summed E-state index contributed by atoms with van der Waals surface area (Å²) in [6.45, 7) is 4.06. The molecule has 19 heavy (non-hydrogen) atoms. The van der Waals surface area contributed by atoms with Crippen LogP contribution < -0.4 is 4.72 Å². The van der Waals surface area contributed by atoms with Gasteiger partial charge in [0.2, 0.25) is 0 Å². The molecule has 9 heteroatoms. The van der Waals surface area contributed by atoms with Crippen LogP contribution in [0.5, 0.6) is 0 Å². The lowest BCUT2D eigenvalue weighted by Crippen LogP contribution is -2.14. The predicted molar refractivity (Wildman–Crippen MR) is 70.5 cm³/mol.